The van der Waals surface area contributed by atoms with Gasteiger partial charge in [0.15, 0.2) is 5.16 Å². The second-order valence-corrected chi connectivity index (χ2v) is 7.31. The molecule has 25 heavy (non-hydrogen) atoms. The van der Waals surface area contributed by atoms with Gasteiger partial charge in [0.2, 0.25) is 5.91 Å². The van der Waals surface area contributed by atoms with Crippen molar-refractivity contribution in [1.82, 2.24) is 15.3 Å². The van der Waals surface area contributed by atoms with E-state index in [-0.39, 0.29) is 5.91 Å². The topological polar surface area (TPSA) is 54.9 Å². The molecule has 1 aromatic carbocycles. The van der Waals surface area contributed by atoms with Crippen molar-refractivity contribution in [3.63, 3.8) is 0 Å². The minimum absolute atomic E-state index is 0.0119. The Bertz CT molecular complexity index is 745. The van der Waals surface area contributed by atoms with Crippen LogP contribution in [0, 0.1) is 13.8 Å². The zero-order valence-corrected chi connectivity index (χ0v) is 16.9. The average Bonchev–Trinajstić information content (AvgIpc) is 2.55. The summed E-state index contributed by atoms with van der Waals surface area (Å²) in [6, 6.07) is 5.40. The van der Waals surface area contributed by atoms with Crippen LogP contribution >= 0.6 is 35.0 Å². The van der Waals surface area contributed by atoms with Crippen molar-refractivity contribution in [2.75, 3.05) is 12.8 Å². The fourth-order valence-electron chi connectivity index (χ4n) is 2.55. The number of halogens is 2. The van der Waals surface area contributed by atoms with Crippen molar-refractivity contribution >= 4 is 40.9 Å². The normalized spacial score (nSPS) is 10.8. The maximum absolute atomic E-state index is 12.1. The smallest absolute Gasteiger partial charge is 0.220 e. The second kappa shape index (κ2) is 9.41. The summed E-state index contributed by atoms with van der Waals surface area (Å²) >= 11 is 13.5. The van der Waals surface area contributed by atoms with E-state index in [0.717, 1.165) is 27.7 Å². The first kappa shape index (κ1) is 20.0. The number of nitrogens with one attached hydrogen (secondary N) is 1. The molecule has 0 fully saturated rings. The van der Waals surface area contributed by atoms with Gasteiger partial charge in [-0.3, -0.25) is 4.79 Å². The lowest BCUT2D eigenvalue weighted by Gasteiger charge is -2.10. The van der Waals surface area contributed by atoms with Crippen LogP contribution in [0.1, 0.15) is 28.9 Å². The predicted molar refractivity (Wildman–Crippen MR) is 105 cm³/mol. The summed E-state index contributed by atoms with van der Waals surface area (Å²) < 4.78 is 0. The van der Waals surface area contributed by atoms with Gasteiger partial charge in [0.25, 0.3) is 0 Å². The highest BCUT2D eigenvalue weighted by Gasteiger charge is 2.10. The van der Waals surface area contributed by atoms with Gasteiger partial charge in [0.1, 0.15) is 0 Å². The van der Waals surface area contributed by atoms with Gasteiger partial charge in [-0.1, -0.05) is 41.0 Å². The molecule has 7 heteroatoms. The van der Waals surface area contributed by atoms with E-state index in [1.807, 2.05) is 26.2 Å². The molecule has 134 valence electrons. The van der Waals surface area contributed by atoms with Crippen LogP contribution in [-0.4, -0.2) is 28.7 Å². The second-order valence-electron chi connectivity index (χ2n) is 5.70. The molecular weight excluding hydrogens is 377 g/mol. The van der Waals surface area contributed by atoms with Crippen molar-refractivity contribution in [2.45, 2.75) is 38.3 Å². The Morgan fingerprint density at radius 1 is 1.16 bits per heavy atom. The molecule has 0 aliphatic rings. The largest absolute Gasteiger partial charge is 0.356 e. The fourth-order valence-corrected chi connectivity index (χ4v) is 3.51. The van der Waals surface area contributed by atoms with Crippen LogP contribution in [0.2, 0.25) is 10.0 Å². The summed E-state index contributed by atoms with van der Waals surface area (Å²) in [5, 5.41) is 4.93. The van der Waals surface area contributed by atoms with E-state index in [2.05, 4.69) is 15.3 Å². The van der Waals surface area contributed by atoms with Crippen molar-refractivity contribution in [3.05, 3.63) is 50.8 Å². The van der Waals surface area contributed by atoms with E-state index in [1.54, 1.807) is 12.1 Å². The standard InChI is InChI=1S/C18H21Cl2N3OS/c1-11-15(12(2)23-18(22-11)25-3)6-7-17(24)21-9-8-13-4-5-14(19)10-16(13)20/h4-5,10H,6-9H2,1-3H3,(H,21,24). The lowest BCUT2D eigenvalue weighted by Crippen LogP contribution is -2.26. The molecule has 0 bridgehead atoms. The average molecular weight is 398 g/mol. The predicted octanol–water partition coefficient (Wildman–Crippen LogP) is 4.41. The van der Waals surface area contributed by atoms with Crippen molar-refractivity contribution < 1.29 is 4.79 Å². The van der Waals surface area contributed by atoms with Gasteiger partial charge in [-0.2, -0.15) is 0 Å². The number of hydrogen-bond acceptors (Lipinski definition) is 4. The van der Waals surface area contributed by atoms with Crippen LogP contribution in [0.3, 0.4) is 0 Å². The zero-order chi connectivity index (χ0) is 18.4. The van der Waals surface area contributed by atoms with Gasteiger partial charge in [-0.25, -0.2) is 9.97 Å². The highest BCUT2D eigenvalue weighted by atomic mass is 35.5. The van der Waals surface area contributed by atoms with Crippen molar-refractivity contribution in [3.8, 4) is 0 Å². The maximum Gasteiger partial charge on any atom is 0.220 e. The van der Waals surface area contributed by atoms with Crippen LogP contribution in [0.25, 0.3) is 0 Å². The van der Waals surface area contributed by atoms with Gasteiger partial charge in [-0.15, -0.1) is 0 Å². The molecule has 0 aliphatic heterocycles. The Balaban J connectivity index is 1.83. The number of aromatic nitrogens is 2. The molecule has 0 atom stereocenters. The number of amides is 1. The number of rotatable bonds is 7. The van der Waals surface area contributed by atoms with Crippen LogP contribution in [0.5, 0.6) is 0 Å². The Kier molecular flexibility index (Phi) is 7.54. The molecule has 0 radical (unpaired) electrons. The van der Waals surface area contributed by atoms with Crippen LogP contribution in [0.15, 0.2) is 23.4 Å². The molecule has 2 rings (SSSR count). The van der Waals surface area contributed by atoms with E-state index in [1.165, 1.54) is 11.8 Å². The molecule has 2 aromatic rings. The van der Waals surface area contributed by atoms with Crippen LogP contribution < -0.4 is 5.32 Å². The number of benzene rings is 1. The Hall–Kier alpha value is -1.30. The first-order valence-corrected chi connectivity index (χ1v) is 9.97. The highest BCUT2D eigenvalue weighted by molar-refractivity contribution is 7.98. The molecule has 4 nitrogen and oxygen atoms in total. The summed E-state index contributed by atoms with van der Waals surface area (Å²) in [5.41, 5.74) is 3.91. The summed E-state index contributed by atoms with van der Waals surface area (Å²) in [4.78, 5) is 21.0. The van der Waals surface area contributed by atoms with Gasteiger partial charge in [0, 0.05) is 34.4 Å². The number of aryl methyl sites for hydroxylation is 2. The van der Waals surface area contributed by atoms with Gasteiger partial charge in [-0.05, 0) is 56.2 Å². The van der Waals surface area contributed by atoms with E-state index >= 15 is 0 Å². The third kappa shape index (κ3) is 5.87. The molecule has 1 aromatic heterocycles. The fraction of sp³-hybridized carbons (Fsp3) is 0.389. The van der Waals surface area contributed by atoms with E-state index in [9.17, 15) is 4.79 Å². The molecule has 0 aliphatic carbocycles. The minimum atomic E-state index is 0.0119. The third-order valence-corrected chi connectivity index (χ3v) is 5.05. The lowest BCUT2D eigenvalue weighted by molar-refractivity contribution is -0.121. The number of carbonyl (C=O) groups is 1. The first-order valence-electron chi connectivity index (χ1n) is 7.99. The quantitative estimate of drug-likeness (QED) is 0.554. The van der Waals surface area contributed by atoms with Gasteiger partial charge >= 0.3 is 0 Å². The number of nitrogens with zero attached hydrogens (tertiary/aromatic N) is 2. The molecule has 1 amide bonds. The molecule has 1 heterocycles. The molecular formula is C18H21Cl2N3OS. The van der Waals surface area contributed by atoms with Gasteiger partial charge in [0.05, 0.1) is 0 Å². The molecule has 1 N–H and O–H groups in total. The SMILES string of the molecule is CSc1nc(C)c(CCC(=O)NCCc2ccc(Cl)cc2Cl)c(C)n1. The molecule has 0 saturated heterocycles. The number of hydrogen-bond donors (Lipinski definition) is 1. The van der Waals surface area contributed by atoms with E-state index in [4.69, 9.17) is 23.2 Å². The first-order chi connectivity index (χ1) is 11.9. The zero-order valence-electron chi connectivity index (χ0n) is 14.5. The molecule has 0 saturated carbocycles. The number of carbonyl (C=O) groups excluding carboxylic acids is 1. The molecule has 0 spiro atoms. The Labute approximate surface area is 162 Å². The monoisotopic (exact) mass is 397 g/mol. The Morgan fingerprint density at radius 3 is 2.44 bits per heavy atom. The van der Waals surface area contributed by atoms with Crippen molar-refractivity contribution in [2.24, 2.45) is 0 Å². The maximum atomic E-state index is 12.1. The third-order valence-electron chi connectivity index (χ3n) is 3.92. The highest BCUT2D eigenvalue weighted by Crippen LogP contribution is 2.21. The Morgan fingerprint density at radius 2 is 1.84 bits per heavy atom. The number of thioether (sulfide) groups is 1. The summed E-state index contributed by atoms with van der Waals surface area (Å²) in [7, 11) is 0. The van der Waals surface area contributed by atoms with Crippen molar-refractivity contribution in [1.29, 1.82) is 0 Å². The van der Waals surface area contributed by atoms with Crippen LogP contribution in [0.4, 0.5) is 0 Å². The summed E-state index contributed by atoms with van der Waals surface area (Å²) in [6.07, 6.45) is 3.68. The lowest BCUT2D eigenvalue weighted by atomic mass is 10.1. The minimum Gasteiger partial charge on any atom is -0.356 e. The van der Waals surface area contributed by atoms with Crippen LogP contribution in [-0.2, 0) is 17.6 Å². The summed E-state index contributed by atoms with van der Waals surface area (Å²) in [5.74, 6) is 0.0119. The molecule has 0 unspecified atom stereocenters. The summed E-state index contributed by atoms with van der Waals surface area (Å²) in [6.45, 7) is 4.47. The van der Waals surface area contributed by atoms with E-state index in [0.29, 0.717) is 35.9 Å². The van der Waals surface area contributed by atoms with E-state index < -0.39 is 0 Å². The van der Waals surface area contributed by atoms with Gasteiger partial charge < -0.3 is 5.32 Å².